The first kappa shape index (κ1) is 30.2. The number of fused-ring (bicyclic) bond motifs is 2. The minimum Gasteiger partial charge on any atom is -0.508 e. The van der Waals surface area contributed by atoms with Gasteiger partial charge < -0.3 is 34.3 Å². The number of hydrogen-bond acceptors (Lipinski definition) is 9. The fraction of sp³-hybridized carbons (Fsp3) is 0.724. The molecule has 39 heavy (non-hydrogen) atoms. The van der Waals surface area contributed by atoms with Crippen LogP contribution in [0.25, 0.3) is 0 Å². The maximum Gasteiger partial charge on any atom is 0.311 e. The van der Waals surface area contributed by atoms with E-state index in [1.807, 2.05) is 33.8 Å². The van der Waals surface area contributed by atoms with Crippen molar-refractivity contribution in [3.05, 3.63) is 28.2 Å². The van der Waals surface area contributed by atoms with E-state index in [0.717, 1.165) is 29.3 Å². The zero-order chi connectivity index (χ0) is 28.6. The smallest absolute Gasteiger partial charge is 0.311 e. The summed E-state index contributed by atoms with van der Waals surface area (Å²) in [5.41, 5.74) is 0.460. The lowest BCUT2D eigenvalue weighted by Crippen LogP contribution is -2.68. The lowest BCUT2D eigenvalue weighted by Gasteiger charge is -2.60. The summed E-state index contributed by atoms with van der Waals surface area (Å²) in [7, 11) is 0. The lowest BCUT2D eigenvalue weighted by atomic mass is 9.66. The molecule has 1 aromatic rings. The summed E-state index contributed by atoms with van der Waals surface area (Å²) in [5, 5.41) is 31.1. The number of benzene rings is 1. The van der Waals surface area contributed by atoms with Gasteiger partial charge in [-0.05, 0) is 49.4 Å². The zero-order valence-corrected chi connectivity index (χ0v) is 24.7. The van der Waals surface area contributed by atoms with Gasteiger partial charge in [-0.15, -0.1) is 0 Å². The van der Waals surface area contributed by atoms with Crippen molar-refractivity contribution >= 4 is 27.9 Å². The van der Waals surface area contributed by atoms with Gasteiger partial charge >= 0.3 is 11.9 Å². The van der Waals surface area contributed by atoms with Crippen LogP contribution in [0, 0.1) is 17.3 Å². The molecule has 1 spiro atoms. The molecule has 10 heteroatoms. The second-order valence-electron chi connectivity index (χ2n) is 12.1. The monoisotopic (exact) mass is 612 g/mol. The van der Waals surface area contributed by atoms with Crippen LogP contribution in [-0.4, -0.2) is 63.8 Å². The standard InChI is InChI=1S/C29H41BrO9/c1-17-13-27(3,4)29-14-24(37-25(33)12-21(16-31)36-26(34)15-28(17,35)39-29)18(2)23(38-29)8-6-5-7-19-11-20(32)9-10-22(19)30/h9-11,17-18,21,23-24,31-32,35H,5-8,12-16H2,1-4H3/t17-,18-,21-,23-,24+,28+,29+/m1/s1. The van der Waals surface area contributed by atoms with Gasteiger partial charge in [-0.3, -0.25) is 9.59 Å². The van der Waals surface area contributed by atoms with Crippen molar-refractivity contribution in [2.24, 2.45) is 17.3 Å². The molecule has 0 radical (unpaired) electrons. The fourth-order valence-corrected chi connectivity index (χ4v) is 6.72. The maximum atomic E-state index is 12.9. The topological polar surface area (TPSA) is 132 Å². The number of ether oxygens (including phenoxy) is 4. The highest BCUT2D eigenvalue weighted by atomic mass is 79.9. The Kier molecular flexibility index (Phi) is 9.03. The number of aromatic hydroxyl groups is 1. The Morgan fingerprint density at radius 3 is 2.54 bits per heavy atom. The summed E-state index contributed by atoms with van der Waals surface area (Å²) in [6, 6.07) is 5.22. The highest BCUT2D eigenvalue weighted by Gasteiger charge is 2.64. The first-order valence-corrected chi connectivity index (χ1v) is 14.6. The summed E-state index contributed by atoms with van der Waals surface area (Å²) in [6.45, 7) is 7.31. The predicted octanol–water partition coefficient (Wildman–Crippen LogP) is 4.37. The third kappa shape index (κ3) is 6.45. The van der Waals surface area contributed by atoms with E-state index in [-0.39, 0.29) is 30.6 Å². The summed E-state index contributed by atoms with van der Waals surface area (Å²) in [4.78, 5) is 25.6. The molecule has 3 saturated heterocycles. The molecular weight excluding hydrogens is 572 g/mol. The third-order valence-electron chi connectivity index (χ3n) is 8.73. The molecule has 0 aromatic heterocycles. The molecule has 4 rings (SSSR count). The van der Waals surface area contributed by atoms with Crippen LogP contribution in [-0.2, 0) is 35.0 Å². The fourth-order valence-electron chi connectivity index (χ4n) is 6.27. The van der Waals surface area contributed by atoms with Crippen molar-refractivity contribution in [2.45, 2.75) is 109 Å². The van der Waals surface area contributed by atoms with E-state index in [4.69, 9.17) is 18.9 Å². The minimum absolute atomic E-state index is 0.156. The number of aliphatic hydroxyl groups is 2. The van der Waals surface area contributed by atoms with Gasteiger partial charge in [0.05, 0.1) is 25.6 Å². The van der Waals surface area contributed by atoms with E-state index in [0.29, 0.717) is 12.8 Å². The largest absolute Gasteiger partial charge is 0.508 e. The van der Waals surface area contributed by atoms with Crippen molar-refractivity contribution < 1.29 is 43.9 Å². The Bertz CT molecular complexity index is 1060. The zero-order valence-electron chi connectivity index (χ0n) is 23.2. The van der Waals surface area contributed by atoms with Crippen molar-refractivity contribution in [3.63, 3.8) is 0 Å². The number of carbonyl (C=O) groups is 2. The summed E-state index contributed by atoms with van der Waals surface area (Å²) in [6.07, 6.45) is 1.16. The molecule has 3 N–H and O–H groups in total. The molecule has 3 fully saturated rings. The number of hydrogen-bond donors (Lipinski definition) is 3. The van der Waals surface area contributed by atoms with Gasteiger partial charge in [0.1, 0.15) is 18.0 Å². The van der Waals surface area contributed by atoms with Gasteiger partial charge in [-0.25, -0.2) is 0 Å². The quantitative estimate of drug-likeness (QED) is 0.316. The predicted molar refractivity (Wildman–Crippen MR) is 144 cm³/mol. The number of carbonyl (C=O) groups excluding carboxylic acids is 2. The molecule has 3 heterocycles. The van der Waals surface area contributed by atoms with Crippen LogP contribution in [0.3, 0.4) is 0 Å². The Hall–Kier alpha value is -1.72. The molecule has 3 bridgehead atoms. The molecule has 0 aliphatic carbocycles. The molecule has 7 atom stereocenters. The number of phenols is 1. The summed E-state index contributed by atoms with van der Waals surface area (Å²) < 4.78 is 25.4. The number of halogens is 1. The van der Waals surface area contributed by atoms with E-state index in [9.17, 15) is 24.9 Å². The normalized spacial score (nSPS) is 36.7. The summed E-state index contributed by atoms with van der Waals surface area (Å²) in [5.74, 6) is -4.79. The average molecular weight is 614 g/mol. The van der Waals surface area contributed by atoms with E-state index >= 15 is 0 Å². The van der Waals surface area contributed by atoms with Gasteiger partial charge in [0.25, 0.3) is 0 Å². The number of rotatable bonds is 6. The number of aliphatic hydroxyl groups excluding tert-OH is 1. The van der Waals surface area contributed by atoms with E-state index in [2.05, 4.69) is 15.9 Å². The second-order valence-corrected chi connectivity index (χ2v) is 13.0. The van der Waals surface area contributed by atoms with Crippen molar-refractivity contribution in [1.29, 1.82) is 0 Å². The molecule has 0 saturated carbocycles. The van der Waals surface area contributed by atoms with Crippen molar-refractivity contribution in [3.8, 4) is 5.75 Å². The Morgan fingerprint density at radius 2 is 1.82 bits per heavy atom. The first-order chi connectivity index (χ1) is 18.3. The van der Waals surface area contributed by atoms with Crippen LogP contribution in [0.4, 0.5) is 0 Å². The van der Waals surface area contributed by atoms with Crippen molar-refractivity contribution in [2.75, 3.05) is 6.61 Å². The van der Waals surface area contributed by atoms with Crippen LogP contribution >= 0.6 is 15.9 Å². The number of esters is 2. The number of phenolic OH excluding ortho intramolecular Hbond substituents is 1. The number of aryl methyl sites for hydroxylation is 1. The molecule has 3 aliphatic heterocycles. The van der Waals surface area contributed by atoms with Gasteiger partial charge in [-0.2, -0.15) is 0 Å². The van der Waals surface area contributed by atoms with Crippen LogP contribution < -0.4 is 0 Å². The Morgan fingerprint density at radius 1 is 1.08 bits per heavy atom. The minimum atomic E-state index is -1.84. The molecular formula is C29H41BrO9. The van der Waals surface area contributed by atoms with Crippen LogP contribution in [0.15, 0.2) is 22.7 Å². The van der Waals surface area contributed by atoms with E-state index < -0.39 is 60.1 Å². The Balaban J connectivity index is 1.59. The maximum absolute atomic E-state index is 12.9. The molecule has 9 nitrogen and oxygen atoms in total. The lowest BCUT2D eigenvalue weighted by molar-refractivity contribution is -0.449. The second kappa shape index (κ2) is 11.6. The first-order valence-electron chi connectivity index (χ1n) is 13.8. The highest BCUT2D eigenvalue weighted by Crippen LogP contribution is 2.56. The van der Waals surface area contributed by atoms with Gasteiger partial charge in [0.2, 0.25) is 0 Å². The van der Waals surface area contributed by atoms with E-state index in [1.54, 1.807) is 12.1 Å². The molecule has 3 aliphatic rings. The molecule has 0 amide bonds. The van der Waals surface area contributed by atoms with Crippen LogP contribution in [0.2, 0.25) is 0 Å². The van der Waals surface area contributed by atoms with Gasteiger partial charge in [0, 0.05) is 28.1 Å². The third-order valence-corrected chi connectivity index (χ3v) is 9.51. The molecule has 1 aromatic carbocycles. The highest BCUT2D eigenvalue weighted by molar-refractivity contribution is 9.10. The van der Waals surface area contributed by atoms with Crippen LogP contribution in [0.5, 0.6) is 5.75 Å². The number of unbranched alkanes of at least 4 members (excludes halogenated alkanes) is 1. The average Bonchev–Trinajstić information content (AvgIpc) is 2.84. The molecule has 218 valence electrons. The van der Waals surface area contributed by atoms with Gasteiger partial charge in [-0.1, -0.05) is 50.0 Å². The van der Waals surface area contributed by atoms with E-state index in [1.165, 1.54) is 0 Å². The SMILES string of the molecule is C[C@H]1[C@@H]2C[C@]3(O[C@@H]1CCCCc1cc(O)ccc1Br)O[C@@](O)(CC(=O)O[C@@H](CO)CC(=O)O2)[C@H](C)CC3(C)C. The van der Waals surface area contributed by atoms with Crippen LogP contribution in [0.1, 0.15) is 78.2 Å². The van der Waals surface area contributed by atoms with Gasteiger partial charge in [0.15, 0.2) is 11.6 Å². The number of cyclic esters (lactones) is 1. The Labute approximate surface area is 238 Å². The summed E-state index contributed by atoms with van der Waals surface area (Å²) >= 11 is 3.54. The van der Waals surface area contributed by atoms with Crippen molar-refractivity contribution in [1.82, 2.24) is 0 Å². The molecule has 0 unspecified atom stereocenters.